The number of hydrogen-bond donors (Lipinski definition) is 5. The van der Waals surface area contributed by atoms with E-state index in [9.17, 15) is 14.4 Å². The first-order valence-corrected chi connectivity index (χ1v) is 10.3. The lowest BCUT2D eigenvalue weighted by Crippen LogP contribution is -2.61. The first kappa shape index (κ1) is 24.1. The summed E-state index contributed by atoms with van der Waals surface area (Å²) in [6, 6.07) is 7.64. The fraction of sp³-hybridized carbons (Fsp3) is 0.524. The summed E-state index contributed by atoms with van der Waals surface area (Å²) in [6.45, 7) is 0.227. The Morgan fingerprint density at radius 2 is 1.84 bits per heavy atom. The highest BCUT2D eigenvalue weighted by Crippen LogP contribution is 2.35. The van der Waals surface area contributed by atoms with Gasteiger partial charge in [-0.25, -0.2) is 0 Å². The average molecular weight is 434 g/mol. The fourth-order valence-corrected chi connectivity index (χ4v) is 3.87. The molecule has 1 atom stereocenters. The molecule has 0 bridgehead atoms. The molecule has 1 aliphatic rings. The molecule has 10 nitrogen and oxygen atoms in total. The van der Waals surface area contributed by atoms with E-state index in [1.807, 2.05) is 6.07 Å². The Morgan fingerprint density at radius 3 is 2.42 bits per heavy atom. The van der Waals surface area contributed by atoms with E-state index in [1.54, 1.807) is 24.3 Å². The minimum Gasteiger partial charge on any atom is -0.484 e. The molecule has 0 spiro atoms. The molecule has 0 saturated heterocycles. The van der Waals surface area contributed by atoms with Gasteiger partial charge in [0.05, 0.1) is 12.5 Å². The molecular formula is C21H31N5O5. The number of carboxylic acid groups (broad SMARTS) is 1. The van der Waals surface area contributed by atoms with Crippen molar-refractivity contribution in [2.45, 2.75) is 50.1 Å². The molecule has 1 amide bonds. The van der Waals surface area contributed by atoms with E-state index in [0.29, 0.717) is 38.0 Å². The fourth-order valence-electron chi connectivity index (χ4n) is 3.87. The number of rotatable bonds is 11. The lowest BCUT2D eigenvalue weighted by atomic mass is 9.71. The Bertz CT molecular complexity index is 787. The van der Waals surface area contributed by atoms with Crippen molar-refractivity contribution in [2.24, 2.45) is 28.1 Å². The first-order chi connectivity index (χ1) is 14.7. The summed E-state index contributed by atoms with van der Waals surface area (Å²) in [5, 5.41) is 11.8. The van der Waals surface area contributed by atoms with E-state index in [1.165, 1.54) is 0 Å². The first-order valence-electron chi connectivity index (χ1n) is 10.3. The zero-order valence-corrected chi connectivity index (χ0v) is 17.5. The Hall–Kier alpha value is -3.14. The van der Waals surface area contributed by atoms with Crippen LogP contribution in [-0.4, -0.2) is 53.5 Å². The minimum atomic E-state index is -1.21. The largest absolute Gasteiger partial charge is 0.484 e. The predicted octanol–water partition coefficient (Wildman–Crippen LogP) is 0.145. The number of carbonyl (C=O) groups is 3. The van der Waals surface area contributed by atoms with Crippen LogP contribution in [0.15, 0.2) is 35.3 Å². The number of nitrogens with one attached hydrogen (secondary N) is 1. The van der Waals surface area contributed by atoms with E-state index in [4.69, 9.17) is 27.0 Å². The number of amides is 1. The number of Topliss-reactive ketones (excluding diaryl/α,β-unsaturated/α-hetero) is 1. The molecule has 1 aromatic rings. The van der Waals surface area contributed by atoms with Crippen LogP contribution < -0.4 is 27.3 Å². The normalized spacial score (nSPS) is 21.5. The number of guanidine groups is 1. The third-order valence-corrected chi connectivity index (χ3v) is 5.49. The summed E-state index contributed by atoms with van der Waals surface area (Å²) < 4.78 is 5.47. The SMILES string of the molecule is NC(N)=NCCC1CCC(NC(=O)COc2ccccc2)(C(=O)[C@@H](N)CC(=O)O)CC1. The highest BCUT2D eigenvalue weighted by Gasteiger charge is 2.45. The summed E-state index contributed by atoms with van der Waals surface area (Å²) in [5.41, 5.74) is 15.4. The van der Waals surface area contributed by atoms with Crippen LogP contribution in [0.25, 0.3) is 0 Å². The van der Waals surface area contributed by atoms with E-state index in [2.05, 4.69) is 10.3 Å². The standard InChI is InChI=1S/C21H31N5O5/c22-16(12-18(28)29)19(30)21(9-6-14(7-10-21)8-11-25-20(23)24)26-17(27)13-31-15-4-2-1-3-5-15/h1-5,14,16H,6-13,22H2,(H,26,27)(H,28,29)(H4,23,24,25)/t14?,16-,21?/m0/s1. The van der Waals surface area contributed by atoms with Crippen molar-refractivity contribution in [3.63, 3.8) is 0 Å². The molecule has 8 N–H and O–H groups in total. The summed E-state index contributed by atoms with van der Waals surface area (Å²) >= 11 is 0. The van der Waals surface area contributed by atoms with Gasteiger partial charge in [-0.3, -0.25) is 19.4 Å². The Morgan fingerprint density at radius 1 is 1.19 bits per heavy atom. The third-order valence-electron chi connectivity index (χ3n) is 5.49. The van der Waals surface area contributed by atoms with Crippen molar-refractivity contribution in [1.29, 1.82) is 0 Å². The maximum Gasteiger partial charge on any atom is 0.305 e. The molecule has 0 aliphatic heterocycles. The zero-order chi connectivity index (χ0) is 22.9. The number of aliphatic carboxylic acids is 1. The van der Waals surface area contributed by atoms with Crippen LogP contribution in [0.3, 0.4) is 0 Å². The minimum absolute atomic E-state index is 0.0330. The molecule has 1 aliphatic carbocycles. The number of para-hydroxylation sites is 1. The molecule has 170 valence electrons. The number of nitrogens with zero attached hydrogens (tertiary/aromatic N) is 1. The molecule has 1 aromatic carbocycles. The summed E-state index contributed by atoms with van der Waals surface area (Å²) in [5.74, 6) is -1.24. The maximum absolute atomic E-state index is 13.1. The van der Waals surface area contributed by atoms with Gasteiger partial charge in [-0.2, -0.15) is 0 Å². The number of ketones is 1. The van der Waals surface area contributed by atoms with Gasteiger partial charge in [0.15, 0.2) is 18.3 Å². The molecule has 31 heavy (non-hydrogen) atoms. The van der Waals surface area contributed by atoms with E-state index >= 15 is 0 Å². The topological polar surface area (TPSA) is 183 Å². The van der Waals surface area contributed by atoms with Gasteiger partial charge in [-0.1, -0.05) is 18.2 Å². The molecule has 1 fully saturated rings. The molecule has 0 radical (unpaired) electrons. The van der Waals surface area contributed by atoms with Gasteiger partial charge in [0.2, 0.25) is 0 Å². The van der Waals surface area contributed by atoms with Crippen LogP contribution in [-0.2, 0) is 14.4 Å². The number of nitrogens with two attached hydrogens (primary N) is 3. The van der Waals surface area contributed by atoms with E-state index in [-0.39, 0.29) is 18.5 Å². The number of aliphatic imine (C=N–C) groups is 1. The lowest BCUT2D eigenvalue weighted by molar-refractivity contribution is -0.141. The second kappa shape index (κ2) is 11.3. The molecular weight excluding hydrogens is 402 g/mol. The third kappa shape index (κ3) is 7.56. The predicted molar refractivity (Wildman–Crippen MR) is 115 cm³/mol. The Balaban J connectivity index is 2.04. The van der Waals surface area contributed by atoms with Gasteiger partial charge in [0.1, 0.15) is 11.3 Å². The number of ether oxygens (including phenoxy) is 1. The van der Waals surface area contributed by atoms with Crippen LogP contribution in [0.1, 0.15) is 38.5 Å². The van der Waals surface area contributed by atoms with E-state index < -0.39 is 35.7 Å². The van der Waals surface area contributed by atoms with Crippen LogP contribution in [0.2, 0.25) is 0 Å². The number of hydrogen-bond acceptors (Lipinski definition) is 6. The molecule has 2 rings (SSSR count). The van der Waals surface area contributed by atoms with Gasteiger partial charge >= 0.3 is 5.97 Å². The van der Waals surface area contributed by atoms with Crippen molar-refractivity contribution in [1.82, 2.24) is 5.32 Å². The summed E-state index contributed by atoms with van der Waals surface area (Å²) in [4.78, 5) is 40.7. The molecule has 0 heterocycles. The number of carboxylic acids is 1. The lowest BCUT2D eigenvalue weighted by Gasteiger charge is -2.40. The second-order valence-corrected chi connectivity index (χ2v) is 7.84. The Kier molecular flexibility index (Phi) is 8.80. The van der Waals surface area contributed by atoms with Gasteiger partial charge in [0.25, 0.3) is 5.91 Å². The van der Waals surface area contributed by atoms with Gasteiger partial charge in [-0.05, 0) is 50.2 Å². The van der Waals surface area contributed by atoms with Crippen molar-refractivity contribution < 1.29 is 24.2 Å². The molecule has 10 heteroatoms. The van der Waals surface area contributed by atoms with Crippen LogP contribution in [0.5, 0.6) is 5.75 Å². The zero-order valence-electron chi connectivity index (χ0n) is 17.5. The highest BCUT2D eigenvalue weighted by molar-refractivity contribution is 5.98. The Labute approximate surface area is 181 Å². The molecule has 1 saturated carbocycles. The van der Waals surface area contributed by atoms with Crippen LogP contribution >= 0.6 is 0 Å². The summed E-state index contributed by atoms with van der Waals surface area (Å²) in [6.07, 6.45) is 2.31. The monoisotopic (exact) mass is 433 g/mol. The van der Waals surface area contributed by atoms with Gasteiger partial charge < -0.3 is 32.4 Å². The quantitative estimate of drug-likeness (QED) is 0.241. The van der Waals surface area contributed by atoms with Crippen molar-refractivity contribution in [3.8, 4) is 5.75 Å². The second-order valence-electron chi connectivity index (χ2n) is 7.84. The van der Waals surface area contributed by atoms with Crippen LogP contribution in [0.4, 0.5) is 0 Å². The number of benzene rings is 1. The smallest absolute Gasteiger partial charge is 0.305 e. The van der Waals surface area contributed by atoms with Crippen molar-refractivity contribution in [2.75, 3.05) is 13.2 Å². The highest BCUT2D eigenvalue weighted by atomic mass is 16.5. The van der Waals surface area contributed by atoms with Gasteiger partial charge in [0, 0.05) is 6.54 Å². The molecule has 0 unspecified atom stereocenters. The molecule has 0 aromatic heterocycles. The van der Waals surface area contributed by atoms with E-state index in [0.717, 1.165) is 6.42 Å². The van der Waals surface area contributed by atoms with Crippen molar-refractivity contribution in [3.05, 3.63) is 30.3 Å². The van der Waals surface area contributed by atoms with Crippen LogP contribution in [0, 0.1) is 5.92 Å². The van der Waals surface area contributed by atoms with Gasteiger partial charge in [-0.15, -0.1) is 0 Å². The number of carbonyl (C=O) groups excluding carboxylic acids is 2. The average Bonchev–Trinajstić information content (AvgIpc) is 2.73. The van der Waals surface area contributed by atoms with Crippen molar-refractivity contribution >= 4 is 23.6 Å². The summed E-state index contributed by atoms with van der Waals surface area (Å²) in [7, 11) is 0. The maximum atomic E-state index is 13.1.